The molecule has 3 aromatic rings. The van der Waals surface area contributed by atoms with Gasteiger partial charge in [-0.05, 0) is 49.2 Å². The van der Waals surface area contributed by atoms with E-state index in [0.29, 0.717) is 16.9 Å². The van der Waals surface area contributed by atoms with Crippen LogP contribution < -0.4 is 20.9 Å². The molecular formula is C23H19F3N4O5. The quantitative estimate of drug-likeness (QED) is 0.533. The van der Waals surface area contributed by atoms with Crippen LogP contribution in [0.2, 0.25) is 0 Å². The van der Waals surface area contributed by atoms with E-state index in [-0.39, 0.29) is 30.3 Å². The van der Waals surface area contributed by atoms with Crippen LogP contribution in [0.3, 0.4) is 0 Å². The molecule has 2 heterocycles. The maximum Gasteiger partial charge on any atom is 0.573 e. The van der Waals surface area contributed by atoms with Crippen LogP contribution in [0.5, 0.6) is 5.75 Å². The van der Waals surface area contributed by atoms with E-state index in [1.165, 1.54) is 16.7 Å². The molecule has 182 valence electrons. The Bertz CT molecular complexity index is 1380. The molecule has 1 saturated heterocycles. The molecule has 1 aromatic heterocycles. The van der Waals surface area contributed by atoms with Gasteiger partial charge in [0, 0.05) is 18.5 Å². The highest BCUT2D eigenvalue weighted by Gasteiger charge is 2.32. The molecule has 1 fully saturated rings. The molecule has 4 rings (SSSR count). The van der Waals surface area contributed by atoms with Crippen molar-refractivity contribution < 1.29 is 32.3 Å². The number of nitrogens with one attached hydrogen (secondary N) is 2. The fraction of sp³-hybridized carbons (Fsp3) is 0.261. The molecule has 0 aliphatic carbocycles. The molecule has 9 nitrogen and oxygen atoms in total. The number of rotatable bonds is 5. The number of ether oxygens (including phenoxy) is 1. The lowest BCUT2D eigenvalue weighted by Crippen LogP contribution is -2.45. The number of alkyl halides is 3. The predicted molar refractivity (Wildman–Crippen MR) is 116 cm³/mol. The minimum atomic E-state index is -4.84. The first-order valence-corrected chi connectivity index (χ1v) is 10.5. The van der Waals surface area contributed by atoms with E-state index in [0.717, 1.165) is 12.1 Å². The number of piperidine rings is 1. The van der Waals surface area contributed by atoms with Gasteiger partial charge in [-0.3, -0.25) is 29.1 Å². The van der Waals surface area contributed by atoms with Gasteiger partial charge in [0.05, 0.1) is 10.9 Å². The fourth-order valence-corrected chi connectivity index (χ4v) is 3.95. The number of benzene rings is 2. The van der Waals surface area contributed by atoms with E-state index >= 15 is 0 Å². The van der Waals surface area contributed by atoms with Crippen LogP contribution in [-0.2, 0) is 16.1 Å². The standard InChI is InChI=1S/C23H19F3N4O5/c1-12-28-16-4-2-3-14(19(16)22(34)30(12)17-9-10-18(31)29-21(17)33)11-27-20(32)13-5-7-15(8-6-13)35-23(24,25)26/h2-8,17H,9-11H2,1H3,(H,27,32)(H,29,31,33)/t17-/m1/s1. The smallest absolute Gasteiger partial charge is 0.406 e. The number of nitrogens with zero attached hydrogens (tertiary/aromatic N) is 2. The highest BCUT2D eigenvalue weighted by atomic mass is 19.4. The van der Waals surface area contributed by atoms with Crippen molar-refractivity contribution in [3.63, 3.8) is 0 Å². The zero-order chi connectivity index (χ0) is 25.3. The highest BCUT2D eigenvalue weighted by Crippen LogP contribution is 2.23. The first-order chi connectivity index (χ1) is 16.5. The van der Waals surface area contributed by atoms with Crippen LogP contribution in [0.15, 0.2) is 47.3 Å². The second kappa shape index (κ2) is 9.20. The topological polar surface area (TPSA) is 119 Å². The van der Waals surface area contributed by atoms with E-state index < -0.39 is 41.4 Å². The lowest BCUT2D eigenvalue weighted by atomic mass is 10.0. The second-order valence-corrected chi connectivity index (χ2v) is 7.87. The fourth-order valence-electron chi connectivity index (χ4n) is 3.95. The summed E-state index contributed by atoms with van der Waals surface area (Å²) in [5.41, 5.74) is 0.415. The van der Waals surface area contributed by atoms with E-state index in [1.807, 2.05) is 0 Å². The number of carbonyl (C=O) groups excluding carboxylic acids is 3. The predicted octanol–water partition coefficient (Wildman–Crippen LogP) is 2.51. The van der Waals surface area contributed by atoms with Gasteiger partial charge < -0.3 is 10.1 Å². The van der Waals surface area contributed by atoms with Gasteiger partial charge in [-0.1, -0.05) is 12.1 Å². The number of amides is 3. The van der Waals surface area contributed by atoms with Crippen LogP contribution in [-0.4, -0.2) is 33.6 Å². The Morgan fingerprint density at radius 3 is 2.54 bits per heavy atom. The third-order valence-corrected chi connectivity index (χ3v) is 5.50. The summed E-state index contributed by atoms with van der Waals surface area (Å²) in [6.07, 6.45) is -4.60. The van der Waals surface area contributed by atoms with Crippen LogP contribution in [0.25, 0.3) is 10.9 Å². The molecule has 3 amide bonds. The third-order valence-electron chi connectivity index (χ3n) is 5.50. The van der Waals surface area contributed by atoms with Gasteiger partial charge in [0.1, 0.15) is 17.6 Å². The summed E-state index contributed by atoms with van der Waals surface area (Å²) in [7, 11) is 0. The van der Waals surface area contributed by atoms with Crippen molar-refractivity contribution in [1.82, 2.24) is 20.2 Å². The molecule has 1 aliphatic heterocycles. The molecule has 2 N–H and O–H groups in total. The van der Waals surface area contributed by atoms with Crippen LogP contribution in [0.1, 0.15) is 40.6 Å². The van der Waals surface area contributed by atoms with Crippen molar-refractivity contribution in [2.24, 2.45) is 0 Å². The summed E-state index contributed by atoms with van der Waals surface area (Å²) in [6.45, 7) is 1.51. The van der Waals surface area contributed by atoms with Crippen LogP contribution in [0.4, 0.5) is 13.2 Å². The average molecular weight is 488 g/mol. The number of fused-ring (bicyclic) bond motifs is 1. The normalized spacial score (nSPS) is 16.2. The summed E-state index contributed by atoms with van der Waals surface area (Å²) in [5.74, 6) is -1.73. The molecule has 2 aromatic carbocycles. The number of halogens is 3. The van der Waals surface area contributed by atoms with Crippen molar-refractivity contribution in [3.05, 3.63) is 69.8 Å². The van der Waals surface area contributed by atoms with Gasteiger partial charge in [-0.25, -0.2) is 4.98 Å². The van der Waals surface area contributed by atoms with Crippen molar-refractivity contribution in [3.8, 4) is 5.75 Å². The minimum absolute atomic E-state index is 0.0771. The summed E-state index contributed by atoms with van der Waals surface area (Å²) in [4.78, 5) is 54.2. The number of imide groups is 1. The SMILES string of the molecule is Cc1nc2cccc(CNC(=O)c3ccc(OC(F)(F)F)cc3)c2c(=O)n1[C@@H]1CCC(=O)NC1=O. The van der Waals surface area contributed by atoms with Crippen LogP contribution >= 0.6 is 0 Å². The lowest BCUT2D eigenvalue weighted by molar-refractivity contribution is -0.274. The van der Waals surface area contributed by atoms with Crippen molar-refractivity contribution in [2.45, 2.75) is 38.7 Å². The number of carbonyl (C=O) groups is 3. The molecule has 1 aliphatic rings. The molecule has 0 radical (unpaired) electrons. The molecule has 1 atom stereocenters. The Hall–Kier alpha value is -4.22. The summed E-state index contributed by atoms with van der Waals surface area (Å²) in [5, 5.41) is 5.06. The number of aryl methyl sites for hydroxylation is 1. The van der Waals surface area contributed by atoms with Crippen molar-refractivity contribution in [2.75, 3.05) is 0 Å². The van der Waals surface area contributed by atoms with Gasteiger partial charge in [0.25, 0.3) is 11.5 Å². The Kier molecular flexibility index (Phi) is 6.29. The zero-order valence-corrected chi connectivity index (χ0v) is 18.3. The second-order valence-electron chi connectivity index (χ2n) is 7.87. The van der Waals surface area contributed by atoms with Crippen molar-refractivity contribution in [1.29, 1.82) is 0 Å². The van der Waals surface area contributed by atoms with E-state index in [1.54, 1.807) is 25.1 Å². The number of hydrogen-bond donors (Lipinski definition) is 2. The summed E-state index contributed by atoms with van der Waals surface area (Å²) in [6, 6.07) is 8.42. The van der Waals surface area contributed by atoms with Gasteiger partial charge in [0.2, 0.25) is 11.8 Å². The molecule has 0 saturated carbocycles. The largest absolute Gasteiger partial charge is 0.573 e. The Balaban J connectivity index is 1.59. The van der Waals surface area contributed by atoms with Gasteiger partial charge in [-0.15, -0.1) is 13.2 Å². The third kappa shape index (κ3) is 5.15. The van der Waals surface area contributed by atoms with Gasteiger partial charge >= 0.3 is 6.36 Å². The molecule has 0 unspecified atom stereocenters. The average Bonchev–Trinajstić information content (AvgIpc) is 2.78. The van der Waals surface area contributed by atoms with Gasteiger partial charge in [0.15, 0.2) is 0 Å². The Morgan fingerprint density at radius 2 is 1.89 bits per heavy atom. The van der Waals surface area contributed by atoms with E-state index in [9.17, 15) is 32.3 Å². The zero-order valence-electron chi connectivity index (χ0n) is 18.3. The van der Waals surface area contributed by atoms with Crippen molar-refractivity contribution >= 4 is 28.6 Å². The first kappa shape index (κ1) is 23.9. The summed E-state index contributed by atoms with van der Waals surface area (Å²) < 4.78 is 42.0. The molecule has 35 heavy (non-hydrogen) atoms. The maximum atomic E-state index is 13.4. The van der Waals surface area contributed by atoms with E-state index in [2.05, 4.69) is 20.4 Å². The molecule has 0 spiro atoms. The van der Waals surface area contributed by atoms with E-state index in [4.69, 9.17) is 0 Å². The Morgan fingerprint density at radius 1 is 1.17 bits per heavy atom. The highest BCUT2D eigenvalue weighted by molar-refractivity contribution is 5.99. The minimum Gasteiger partial charge on any atom is -0.406 e. The monoisotopic (exact) mass is 488 g/mol. The number of hydrogen-bond acceptors (Lipinski definition) is 6. The van der Waals surface area contributed by atoms with Gasteiger partial charge in [-0.2, -0.15) is 0 Å². The maximum absolute atomic E-state index is 13.4. The van der Waals surface area contributed by atoms with Crippen LogP contribution in [0, 0.1) is 6.92 Å². The molecular weight excluding hydrogens is 469 g/mol. The lowest BCUT2D eigenvalue weighted by Gasteiger charge is -2.24. The molecule has 12 heteroatoms. The molecule has 0 bridgehead atoms. The Labute approximate surface area is 195 Å². The summed E-state index contributed by atoms with van der Waals surface area (Å²) >= 11 is 0. The number of aromatic nitrogens is 2. The first-order valence-electron chi connectivity index (χ1n) is 10.5.